The van der Waals surface area contributed by atoms with Crippen LogP contribution in [0.1, 0.15) is 0 Å². The molecule has 0 fully saturated rings. The van der Waals surface area contributed by atoms with E-state index in [1.54, 1.807) is 7.05 Å². The van der Waals surface area contributed by atoms with Crippen molar-refractivity contribution in [1.82, 2.24) is 4.31 Å². The summed E-state index contributed by atoms with van der Waals surface area (Å²) in [5, 5.41) is 0. The van der Waals surface area contributed by atoms with Crippen molar-refractivity contribution in [2.45, 2.75) is 0 Å². The van der Waals surface area contributed by atoms with Gasteiger partial charge in [0.25, 0.3) is 0 Å². The van der Waals surface area contributed by atoms with Gasteiger partial charge in [-0.15, -0.1) is 0 Å². The number of hydrogen-bond acceptors (Lipinski definition) is 4. The summed E-state index contributed by atoms with van der Waals surface area (Å²) in [6.45, 7) is 0.222. The van der Waals surface area contributed by atoms with Crippen molar-refractivity contribution in [3.05, 3.63) is 0 Å². The number of methoxy groups -OCH3 is 1. The van der Waals surface area contributed by atoms with Crippen molar-refractivity contribution >= 4 is 18.8 Å². The highest BCUT2D eigenvalue weighted by Gasteiger charge is 1.99. The fraction of sp³-hybridized carbons (Fsp3) is 0.750. The summed E-state index contributed by atoms with van der Waals surface area (Å²) in [6, 6.07) is 0. The molecular formula is C4H9NO2S. The molecule has 0 amide bonds. The Morgan fingerprint density at radius 1 is 1.88 bits per heavy atom. The van der Waals surface area contributed by atoms with Crippen molar-refractivity contribution in [2.24, 2.45) is 0 Å². The summed E-state index contributed by atoms with van der Waals surface area (Å²) in [6.07, 6.45) is 0. The molecule has 0 aromatic carbocycles. The van der Waals surface area contributed by atoms with E-state index in [4.69, 9.17) is 0 Å². The number of rotatable bonds is 2. The number of ether oxygens (including phenoxy) is 1. The standard InChI is InChI=1S/C4H9NO2S/c1-5(8)3-4(6)7-2/h8H,3H2,1-2H3. The van der Waals surface area contributed by atoms with Crippen molar-refractivity contribution < 1.29 is 9.53 Å². The lowest BCUT2D eigenvalue weighted by Crippen LogP contribution is -2.18. The van der Waals surface area contributed by atoms with Crippen LogP contribution in [-0.2, 0) is 9.53 Å². The van der Waals surface area contributed by atoms with E-state index in [0.29, 0.717) is 0 Å². The van der Waals surface area contributed by atoms with Crippen molar-refractivity contribution in [2.75, 3.05) is 20.7 Å². The summed E-state index contributed by atoms with van der Waals surface area (Å²) < 4.78 is 5.78. The smallest absolute Gasteiger partial charge is 0.320 e. The molecule has 0 rings (SSSR count). The number of thiol groups is 1. The Morgan fingerprint density at radius 3 is 2.50 bits per heavy atom. The van der Waals surface area contributed by atoms with Crippen LogP contribution in [0, 0.1) is 0 Å². The normalized spacial score (nSPS) is 9.50. The van der Waals surface area contributed by atoms with Crippen LogP contribution >= 0.6 is 12.8 Å². The molecule has 0 bridgehead atoms. The van der Waals surface area contributed by atoms with Crippen molar-refractivity contribution in [3.8, 4) is 0 Å². The van der Waals surface area contributed by atoms with Gasteiger partial charge in [0, 0.05) is 0 Å². The lowest BCUT2D eigenvalue weighted by molar-refractivity contribution is -0.140. The Morgan fingerprint density at radius 2 is 2.38 bits per heavy atom. The van der Waals surface area contributed by atoms with Crippen LogP contribution in [0.2, 0.25) is 0 Å². The highest BCUT2D eigenvalue weighted by molar-refractivity contribution is 7.77. The van der Waals surface area contributed by atoms with E-state index in [1.165, 1.54) is 11.4 Å². The maximum Gasteiger partial charge on any atom is 0.320 e. The van der Waals surface area contributed by atoms with Crippen LogP contribution in [0.4, 0.5) is 0 Å². The second-order valence-corrected chi connectivity index (χ2v) is 2.07. The van der Waals surface area contributed by atoms with E-state index in [0.717, 1.165) is 0 Å². The minimum absolute atomic E-state index is 0.222. The fourth-order valence-corrected chi connectivity index (χ4v) is 0.367. The van der Waals surface area contributed by atoms with E-state index < -0.39 is 0 Å². The summed E-state index contributed by atoms with van der Waals surface area (Å²) >= 11 is 3.82. The molecule has 0 aliphatic rings. The van der Waals surface area contributed by atoms with E-state index in [2.05, 4.69) is 17.6 Å². The van der Waals surface area contributed by atoms with Crippen molar-refractivity contribution in [1.29, 1.82) is 0 Å². The average Bonchev–Trinajstić information content (AvgIpc) is 1.65. The van der Waals surface area contributed by atoms with E-state index in [1.807, 2.05) is 0 Å². The molecule has 0 aromatic heterocycles. The van der Waals surface area contributed by atoms with Crippen LogP contribution in [0.15, 0.2) is 0 Å². The molecule has 3 nitrogen and oxygen atoms in total. The van der Waals surface area contributed by atoms with E-state index in [9.17, 15) is 4.79 Å². The lowest BCUT2D eigenvalue weighted by Gasteiger charge is -2.03. The Bertz CT molecular complexity index is 84.1. The number of carbonyl (C=O) groups excluding carboxylic acids is 1. The second kappa shape index (κ2) is 3.74. The summed E-state index contributed by atoms with van der Waals surface area (Å²) in [5.74, 6) is -0.275. The van der Waals surface area contributed by atoms with Crippen LogP contribution in [-0.4, -0.2) is 31.0 Å². The molecule has 0 atom stereocenters. The minimum atomic E-state index is -0.275. The van der Waals surface area contributed by atoms with Gasteiger partial charge in [0.2, 0.25) is 0 Å². The Hall–Kier alpha value is -0.220. The maximum absolute atomic E-state index is 10.3. The molecule has 0 radical (unpaired) electrons. The highest BCUT2D eigenvalue weighted by Crippen LogP contribution is 1.85. The maximum atomic E-state index is 10.3. The van der Waals surface area contributed by atoms with Gasteiger partial charge in [-0.3, -0.25) is 4.79 Å². The molecule has 48 valence electrons. The number of nitrogens with zero attached hydrogens (tertiary/aromatic N) is 1. The van der Waals surface area contributed by atoms with Crippen LogP contribution in [0.25, 0.3) is 0 Å². The predicted molar refractivity (Wildman–Crippen MR) is 33.6 cm³/mol. The first-order chi connectivity index (χ1) is 3.66. The van der Waals surface area contributed by atoms with Gasteiger partial charge in [0.1, 0.15) is 6.54 Å². The number of likely N-dealkylation sites (N-methyl/N-ethyl adjacent to an activating group) is 1. The third kappa shape index (κ3) is 3.95. The molecule has 0 aliphatic heterocycles. The number of hydrogen-bond donors (Lipinski definition) is 1. The zero-order valence-corrected chi connectivity index (χ0v) is 5.81. The molecule has 0 heterocycles. The SMILES string of the molecule is COC(=O)CN(C)S. The summed E-state index contributed by atoms with van der Waals surface area (Å²) in [7, 11) is 3.03. The van der Waals surface area contributed by atoms with Gasteiger partial charge in [0.15, 0.2) is 0 Å². The zero-order valence-electron chi connectivity index (χ0n) is 4.92. The Kier molecular flexibility index (Phi) is 3.64. The minimum Gasteiger partial charge on any atom is -0.468 e. The molecule has 0 unspecified atom stereocenters. The predicted octanol–water partition coefficient (Wildman–Crippen LogP) is -0.0640. The summed E-state index contributed by atoms with van der Waals surface area (Å²) in [4.78, 5) is 10.3. The van der Waals surface area contributed by atoms with Crippen LogP contribution < -0.4 is 0 Å². The first-order valence-electron chi connectivity index (χ1n) is 2.13. The molecule has 0 aromatic rings. The monoisotopic (exact) mass is 135 g/mol. The third-order valence-corrected chi connectivity index (χ3v) is 0.727. The second-order valence-electron chi connectivity index (χ2n) is 1.39. The van der Waals surface area contributed by atoms with Crippen LogP contribution in [0.5, 0.6) is 0 Å². The van der Waals surface area contributed by atoms with E-state index in [-0.39, 0.29) is 12.5 Å². The van der Waals surface area contributed by atoms with Gasteiger partial charge in [-0.25, -0.2) is 4.31 Å². The zero-order chi connectivity index (χ0) is 6.57. The van der Waals surface area contributed by atoms with Gasteiger partial charge < -0.3 is 4.74 Å². The number of esters is 1. The van der Waals surface area contributed by atoms with Gasteiger partial charge in [-0.05, 0) is 7.05 Å². The number of carbonyl (C=O) groups is 1. The quantitative estimate of drug-likeness (QED) is 0.425. The van der Waals surface area contributed by atoms with Gasteiger partial charge in [0.05, 0.1) is 7.11 Å². The lowest BCUT2D eigenvalue weighted by atomic mass is 10.7. The Balaban J connectivity index is 3.25. The van der Waals surface area contributed by atoms with Gasteiger partial charge in [-0.2, -0.15) is 0 Å². The molecular weight excluding hydrogens is 126 g/mol. The Labute approximate surface area is 54.2 Å². The molecule has 4 heteroatoms. The first-order valence-corrected chi connectivity index (χ1v) is 2.53. The first kappa shape index (κ1) is 7.78. The molecule has 0 N–H and O–H groups in total. The molecule has 0 spiro atoms. The van der Waals surface area contributed by atoms with Crippen molar-refractivity contribution in [3.63, 3.8) is 0 Å². The third-order valence-electron chi connectivity index (χ3n) is 0.586. The largest absolute Gasteiger partial charge is 0.468 e. The van der Waals surface area contributed by atoms with Gasteiger partial charge >= 0.3 is 5.97 Å². The van der Waals surface area contributed by atoms with Gasteiger partial charge in [-0.1, -0.05) is 12.8 Å². The molecule has 8 heavy (non-hydrogen) atoms. The van der Waals surface area contributed by atoms with E-state index >= 15 is 0 Å². The van der Waals surface area contributed by atoms with Crippen LogP contribution in [0.3, 0.4) is 0 Å². The topological polar surface area (TPSA) is 29.5 Å². The molecule has 0 aliphatic carbocycles. The molecule has 0 saturated carbocycles. The summed E-state index contributed by atoms with van der Waals surface area (Å²) in [5.41, 5.74) is 0. The highest BCUT2D eigenvalue weighted by atomic mass is 32.1. The average molecular weight is 135 g/mol. The fourth-order valence-electron chi connectivity index (χ4n) is 0.251. The molecule has 0 saturated heterocycles.